The average molecular weight is 378 g/mol. The van der Waals surface area contributed by atoms with Gasteiger partial charge in [-0.05, 0) is 24.3 Å². The second kappa shape index (κ2) is 9.04. The predicted octanol–water partition coefficient (Wildman–Crippen LogP) is 2.35. The van der Waals surface area contributed by atoms with Crippen molar-refractivity contribution in [1.82, 2.24) is 0 Å². The minimum Gasteiger partial charge on any atom is -0.460 e. The molecule has 2 aromatic heterocycles. The van der Waals surface area contributed by atoms with E-state index >= 15 is 0 Å². The number of carbonyl (C=O) groups excluding carboxylic acids is 3. The number of hydrogen-bond acceptors (Lipinski definition) is 9. The van der Waals surface area contributed by atoms with Crippen molar-refractivity contribution < 1.29 is 42.2 Å². The number of furan rings is 2. The van der Waals surface area contributed by atoms with Gasteiger partial charge in [-0.1, -0.05) is 0 Å². The van der Waals surface area contributed by atoms with Gasteiger partial charge in [0.25, 0.3) is 0 Å². The summed E-state index contributed by atoms with van der Waals surface area (Å²) in [6.07, 6.45) is 0.751. The first-order valence-electron chi connectivity index (χ1n) is 8.41. The van der Waals surface area contributed by atoms with Crippen LogP contribution in [0.1, 0.15) is 50.3 Å². The summed E-state index contributed by atoms with van der Waals surface area (Å²) in [5.74, 6) is -1.66. The molecule has 3 rings (SSSR count). The Balaban J connectivity index is 1.61. The second-order valence-electron chi connectivity index (χ2n) is 5.60. The van der Waals surface area contributed by atoms with Gasteiger partial charge in [0.2, 0.25) is 17.3 Å². The van der Waals surface area contributed by atoms with Crippen LogP contribution < -0.4 is 0 Å². The van der Waals surface area contributed by atoms with Crippen molar-refractivity contribution in [2.24, 2.45) is 0 Å². The summed E-state index contributed by atoms with van der Waals surface area (Å²) in [4.78, 5) is 35.6. The van der Waals surface area contributed by atoms with Gasteiger partial charge in [-0.25, -0.2) is 14.4 Å². The van der Waals surface area contributed by atoms with Gasteiger partial charge in [-0.15, -0.1) is 0 Å². The Hall–Kier alpha value is -3.07. The summed E-state index contributed by atoms with van der Waals surface area (Å²) < 4.78 is 31.0. The van der Waals surface area contributed by atoms with Crippen molar-refractivity contribution in [3.8, 4) is 0 Å². The van der Waals surface area contributed by atoms with Gasteiger partial charge in [-0.2, -0.15) is 0 Å². The molecule has 1 aliphatic rings. The van der Waals surface area contributed by atoms with Crippen molar-refractivity contribution in [3.63, 3.8) is 0 Å². The van der Waals surface area contributed by atoms with Crippen molar-refractivity contribution in [3.05, 3.63) is 47.3 Å². The highest BCUT2D eigenvalue weighted by atomic mass is 16.6. The lowest BCUT2D eigenvalue weighted by atomic mass is 10.4. The van der Waals surface area contributed by atoms with E-state index in [1.165, 1.54) is 18.2 Å². The van der Waals surface area contributed by atoms with Crippen molar-refractivity contribution in [2.75, 3.05) is 26.4 Å². The molecule has 0 aliphatic carbocycles. The Bertz CT molecular complexity index is 801. The van der Waals surface area contributed by atoms with Gasteiger partial charge in [0.1, 0.15) is 12.4 Å². The van der Waals surface area contributed by atoms with Crippen molar-refractivity contribution >= 4 is 17.9 Å². The molecule has 27 heavy (non-hydrogen) atoms. The molecule has 0 amide bonds. The third-order valence-corrected chi connectivity index (χ3v) is 3.54. The minimum absolute atomic E-state index is 0.0177. The maximum Gasteiger partial charge on any atom is 0.374 e. The quantitative estimate of drug-likeness (QED) is 0.503. The molecular formula is C18H18O9. The third-order valence-electron chi connectivity index (χ3n) is 3.54. The Morgan fingerprint density at radius 1 is 0.593 bits per heavy atom. The number of carbonyl (C=O) groups is 3. The van der Waals surface area contributed by atoms with Crippen LogP contribution >= 0.6 is 0 Å². The molecule has 0 radical (unpaired) electrons. The fourth-order valence-corrected chi connectivity index (χ4v) is 2.22. The lowest BCUT2D eigenvalue weighted by molar-refractivity contribution is 0.0333. The summed E-state index contributed by atoms with van der Waals surface area (Å²) in [5, 5.41) is 0. The first-order valence-corrected chi connectivity index (χ1v) is 8.41. The van der Waals surface area contributed by atoms with E-state index < -0.39 is 17.9 Å². The Labute approximate surface area is 154 Å². The average Bonchev–Trinajstić information content (AvgIpc) is 3.33. The van der Waals surface area contributed by atoms with Crippen LogP contribution in [0.5, 0.6) is 0 Å². The zero-order chi connectivity index (χ0) is 19.1. The topological polar surface area (TPSA) is 114 Å². The van der Waals surface area contributed by atoms with E-state index in [1.807, 2.05) is 0 Å². The maximum atomic E-state index is 11.9. The molecular weight excluding hydrogens is 360 g/mol. The molecule has 9 heteroatoms. The highest BCUT2D eigenvalue weighted by molar-refractivity contribution is 5.90. The molecule has 0 saturated heterocycles. The Morgan fingerprint density at radius 2 is 1.07 bits per heavy atom. The normalized spacial score (nSPS) is 17.6. The smallest absolute Gasteiger partial charge is 0.374 e. The van der Waals surface area contributed by atoms with Gasteiger partial charge < -0.3 is 27.8 Å². The van der Waals surface area contributed by atoms with Crippen LogP contribution in [0, 0.1) is 0 Å². The van der Waals surface area contributed by atoms with Gasteiger partial charge in [0, 0.05) is 12.8 Å². The van der Waals surface area contributed by atoms with E-state index in [0.717, 1.165) is 0 Å². The molecule has 1 aliphatic heterocycles. The minimum atomic E-state index is -0.723. The van der Waals surface area contributed by atoms with Crippen LogP contribution in [0.3, 0.4) is 0 Å². The summed E-state index contributed by atoms with van der Waals surface area (Å²) in [6, 6.07) is 5.79. The Morgan fingerprint density at radius 3 is 1.67 bits per heavy atom. The molecule has 0 unspecified atom stereocenters. The zero-order valence-electron chi connectivity index (χ0n) is 14.4. The van der Waals surface area contributed by atoms with E-state index in [9.17, 15) is 14.4 Å². The molecule has 3 heterocycles. The first kappa shape index (κ1) is 18.7. The van der Waals surface area contributed by atoms with Crippen LogP contribution in [-0.2, 0) is 25.6 Å². The fourth-order valence-electron chi connectivity index (χ4n) is 2.22. The number of ether oxygens (including phenoxy) is 4. The zero-order valence-corrected chi connectivity index (χ0v) is 14.4. The number of rotatable bonds is 0. The highest BCUT2D eigenvalue weighted by Crippen LogP contribution is 2.13. The van der Waals surface area contributed by atoms with Gasteiger partial charge in [-0.3, -0.25) is 0 Å². The van der Waals surface area contributed by atoms with Crippen molar-refractivity contribution in [1.29, 1.82) is 0 Å². The van der Waals surface area contributed by atoms with E-state index in [-0.39, 0.29) is 43.7 Å². The van der Waals surface area contributed by atoms with Crippen molar-refractivity contribution in [2.45, 2.75) is 19.4 Å². The molecule has 9 nitrogen and oxygen atoms in total. The van der Waals surface area contributed by atoms with Crippen LogP contribution in [0.4, 0.5) is 0 Å². The number of esters is 3. The fraction of sp³-hybridized carbons (Fsp3) is 0.389. The van der Waals surface area contributed by atoms with Gasteiger partial charge in [0.05, 0.1) is 26.4 Å². The lowest BCUT2D eigenvalue weighted by Gasteiger charge is -2.05. The molecule has 4 bridgehead atoms. The molecule has 0 N–H and O–H groups in total. The monoisotopic (exact) mass is 378 g/mol. The molecule has 0 aromatic carbocycles. The Kier molecular flexibility index (Phi) is 6.26. The predicted molar refractivity (Wildman–Crippen MR) is 87.2 cm³/mol. The summed E-state index contributed by atoms with van der Waals surface area (Å²) in [5.41, 5.74) is 0. The molecule has 2 aromatic rings. The number of cyclic esters (lactones) is 3. The van der Waals surface area contributed by atoms with Gasteiger partial charge in [0.15, 0.2) is 0 Å². The van der Waals surface area contributed by atoms with E-state index in [1.54, 1.807) is 6.07 Å². The summed E-state index contributed by atoms with van der Waals surface area (Å²) in [7, 11) is 0. The standard InChI is InChI=1S/C18H18O9/c19-16-13-4-3-12(26-13)11-22-7-1-8-23-17(20)14-5-6-15(27-14)18(21)25-10-2-9-24-16/h3-6H,1-2,7-11H2. The SMILES string of the molecule is O=C1OCCCOC(=O)c2ccc(o2)C(=O)OCCCOCc2ccc1o2. The van der Waals surface area contributed by atoms with E-state index in [2.05, 4.69) is 0 Å². The number of hydrogen-bond donors (Lipinski definition) is 0. The molecule has 0 saturated carbocycles. The number of fused-ring (bicyclic) bond motifs is 4. The lowest BCUT2D eigenvalue weighted by Crippen LogP contribution is -2.11. The second-order valence-corrected chi connectivity index (χ2v) is 5.60. The molecule has 144 valence electrons. The van der Waals surface area contributed by atoms with Crippen LogP contribution in [-0.4, -0.2) is 44.3 Å². The van der Waals surface area contributed by atoms with E-state index in [4.69, 9.17) is 27.8 Å². The van der Waals surface area contributed by atoms with Crippen LogP contribution in [0.15, 0.2) is 33.1 Å². The van der Waals surface area contributed by atoms with Crippen LogP contribution in [0.25, 0.3) is 0 Å². The summed E-state index contributed by atoms with van der Waals surface area (Å²) >= 11 is 0. The highest BCUT2D eigenvalue weighted by Gasteiger charge is 2.18. The van der Waals surface area contributed by atoms with Crippen LogP contribution in [0.2, 0.25) is 0 Å². The van der Waals surface area contributed by atoms with Gasteiger partial charge >= 0.3 is 17.9 Å². The maximum absolute atomic E-state index is 11.9. The first-order chi connectivity index (χ1) is 13.1. The summed E-state index contributed by atoms with van der Waals surface area (Å²) in [6.45, 7) is 0.690. The molecule has 0 fully saturated rings. The third kappa shape index (κ3) is 5.20. The molecule has 0 atom stereocenters. The molecule has 0 spiro atoms. The van der Waals surface area contributed by atoms with E-state index in [0.29, 0.717) is 25.2 Å². The largest absolute Gasteiger partial charge is 0.460 e.